The maximum Gasteiger partial charge on any atom is 0.396 e. The van der Waals surface area contributed by atoms with Crippen LogP contribution in [0.15, 0.2) is 0 Å². The van der Waals surface area contributed by atoms with Crippen molar-refractivity contribution in [3.05, 3.63) is 0 Å². The normalized spacial score (nSPS) is 25.0. The number of carbonyl (C=O) groups excluding carboxylic acids is 2. The first-order valence-electron chi connectivity index (χ1n) is 5.07. The van der Waals surface area contributed by atoms with Gasteiger partial charge in [0, 0.05) is 6.54 Å². The summed E-state index contributed by atoms with van der Waals surface area (Å²) in [6.45, 7) is 1.73. The van der Waals surface area contributed by atoms with Gasteiger partial charge in [-0.25, -0.2) is 9.59 Å². The van der Waals surface area contributed by atoms with E-state index >= 15 is 0 Å². The maximum atomic E-state index is 11.6. The predicted octanol–water partition coefficient (Wildman–Crippen LogP) is 0.0152. The molecule has 0 bridgehead atoms. The molecule has 1 aliphatic rings. The van der Waals surface area contributed by atoms with Gasteiger partial charge in [0.05, 0.1) is 7.11 Å². The zero-order valence-electron chi connectivity index (χ0n) is 9.36. The Morgan fingerprint density at radius 1 is 1.31 bits per heavy atom. The summed E-state index contributed by atoms with van der Waals surface area (Å²) in [4.78, 5) is 35.0. The third kappa shape index (κ3) is 2.00. The van der Waals surface area contributed by atoms with E-state index in [0.29, 0.717) is 12.8 Å². The second-order valence-electron chi connectivity index (χ2n) is 3.98. The van der Waals surface area contributed by atoms with Crippen LogP contribution in [0.2, 0.25) is 0 Å². The molecule has 0 aromatic carbocycles. The van der Waals surface area contributed by atoms with E-state index < -0.39 is 23.4 Å². The highest BCUT2D eigenvalue weighted by molar-refractivity contribution is 6.32. The van der Waals surface area contributed by atoms with Crippen LogP contribution in [0.5, 0.6) is 0 Å². The SMILES string of the molecule is COC(=O)C(=O)N1CCCCC1(C)C(=O)O. The standard InChI is InChI=1S/C10H15NO5/c1-10(9(14)15)5-3-4-6-11(10)7(12)8(13)16-2/h3-6H2,1-2H3,(H,14,15). The molecule has 16 heavy (non-hydrogen) atoms. The third-order valence-corrected chi connectivity index (χ3v) is 2.96. The van der Waals surface area contributed by atoms with E-state index in [1.165, 1.54) is 6.92 Å². The lowest BCUT2D eigenvalue weighted by atomic mass is 9.88. The van der Waals surface area contributed by atoms with Gasteiger partial charge in [0.15, 0.2) is 0 Å². The number of hydrogen-bond donors (Lipinski definition) is 1. The molecular weight excluding hydrogens is 214 g/mol. The van der Waals surface area contributed by atoms with Crippen LogP contribution in [0.4, 0.5) is 0 Å². The first-order valence-corrected chi connectivity index (χ1v) is 5.07. The van der Waals surface area contributed by atoms with E-state index in [1.807, 2.05) is 0 Å². The van der Waals surface area contributed by atoms with Gasteiger partial charge in [0.1, 0.15) is 5.54 Å². The molecule has 1 heterocycles. The molecule has 6 nitrogen and oxygen atoms in total. The lowest BCUT2D eigenvalue weighted by Gasteiger charge is -2.40. The van der Waals surface area contributed by atoms with Gasteiger partial charge in [-0.05, 0) is 26.2 Å². The average molecular weight is 229 g/mol. The highest BCUT2D eigenvalue weighted by atomic mass is 16.5. The molecule has 1 N–H and O–H groups in total. The van der Waals surface area contributed by atoms with Gasteiger partial charge in [-0.1, -0.05) is 0 Å². The molecule has 1 saturated heterocycles. The van der Waals surface area contributed by atoms with Gasteiger partial charge < -0.3 is 14.7 Å². The highest BCUT2D eigenvalue weighted by Gasteiger charge is 2.45. The van der Waals surface area contributed by atoms with Gasteiger partial charge in [-0.15, -0.1) is 0 Å². The number of esters is 1. The number of ether oxygens (including phenoxy) is 1. The molecule has 0 aromatic rings. The van der Waals surface area contributed by atoms with E-state index in [-0.39, 0.29) is 6.54 Å². The minimum Gasteiger partial charge on any atom is -0.480 e. The topological polar surface area (TPSA) is 83.9 Å². The van der Waals surface area contributed by atoms with E-state index in [4.69, 9.17) is 5.11 Å². The zero-order chi connectivity index (χ0) is 12.3. The molecule has 1 atom stereocenters. The molecule has 6 heteroatoms. The largest absolute Gasteiger partial charge is 0.480 e. The number of rotatable bonds is 1. The second kappa shape index (κ2) is 4.51. The van der Waals surface area contributed by atoms with Crippen molar-refractivity contribution >= 4 is 17.8 Å². The summed E-state index contributed by atoms with van der Waals surface area (Å²) < 4.78 is 4.32. The fraction of sp³-hybridized carbons (Fsp3) is 0.700. The van der Waals surface area contributed by atoms with Crippen molar-refractivity contribution in [2.45, 2.75) is 31.7 Å². The van der Waals surface area contributed by atoms with Crippen molar-refractivity contribution in [3.8, 4) is 0 Å². The van der Waals surface area contributed by atoms with Crippen LogP contribution < -0.4 is 0 Å². The van der Waals surface area contributed by atoms with Crippen LogP contribution in [0.3, 0.4) is 0 Å². The van der Waals surface area contributed by atoms with Crippen LogP contribution in [-0.2, 0) is 19.1 Å². The van der Waals surface area contributed by atoms with Gasteiger partial charge in [-0.2, -0.15) is 0 Å². The number of carboxylic acid groups (broad SMARTS) is 1. The van der Waals surface area contributed by atoms with Crippen molar-refractivity contribution in [2.75, 3.05) is 13.7 Å². The number of piperidine rings is 1. The molecule has 90 valence electrons. The lowest BCUT2D eigenvalue weighted by molar-refractivity contribution is -0.169. The average Bonchev–Trinajstić information content (AvgIpc) is 2.27. The summed E-state index contributed by atoms with van der Waals surface area (Å²) in [5.74, 6) is -2.99. The Morgan fingerprint density at radius 2 is 1.94 bits per heavy atom. The van der Waals surface area contributed by atoms with Crippen molar-refractivity contribution in [1.29, 1.82) is 0 Å². The summed E-state index contributed by atoms with van der Waals surface area (Å²) in [5.41, 5.74) is -1.30. The Kier molecular flexibility index (Phi) is 3.51. The first kappa shape index (κ1) is 12.5. The fourth-order valence-corrected chi connectivity index (χ4v) is 1.87. The quantitative estimate of drug-likeness (QED) is 0.506. The van der Waals surface area contributed by atoms with Crippen LogP contribution in [0.1, 0.15) is 26.2 Å². The Bertz CT molecular complexity index is 327. The van der Waals surface area contributed by atoms with E-state index in [0.717, 1.165) is 18.4 Å². The van der Waals surface area contributed by atoms with E-state index in [2.05, 4.69) is 4.74 Å². The third-order valence-electron chi connectivity index (χ3n) is 2.96. The molecule has 1 unspecified atom stereocenters. The van der Waals surface area contributed by atoms with Crippen molar-refractivity contribution in [3.63, 3.8) is 0 Å². The maximum absolute atomic E-state index is 11.6. The number of hydrogen-bond acceptors (Lipinski definition) is 4. The second-order valence-corrected chi connectivity index (χ2v) is 3.98. The number of methoxy groups -OCH3 is 1. The summed E-state index contributed by atoms with van der Waals surface area (Å²) in [6, 6.07) is 0. The van der Waals surface area contributed by atoms with E-state index in [9.17, 15) is 14.4 Å². The molecule has 0 saturated carbocycles. The lowest BCUT2D eigenvalue weighted by Crippen LogP contribution is -2.59. The van der Waals surface area contributed by atoms with Gasteiger partial charge in [0.2, 0.25) is 0 Å². The fourth-order valence-electron chi connectivity index (χ4n) is 1.87. The van der Waals surface area contributed by atoms with Crippen molar-refractivity contribution < 1.29 is 24.2 Å². The zero-order valence-corrected chi connectivity index (χ0v) is 9.36. The first-order chi connectivity index (χ1) is 7.43. The minimum atomic E-state index is -1.30. The molecule has 0 radical (unpaired) electrons. The summed E-state index contributed by atoms with van der Waals surface area (Å²) in [7, 11) is 1.10. The van der Waals surface area contributed by atoms with E-state index in [1.54, 1.807) is 0 Å². The molecule has 1 rings (SSSR count). The number of nitrogens with zero attached hydrogens (tertiary/aromatic N) is 1. The van der Waals surface area contributed by atoms with Crippen LogP contribution in [0, 0.1) is 0 Å². The predicted molar refractivity (Wildman–Crippen MR) is 53.6 cm³/mol. The van der Waals surface area contributed by atoms with Crippen molar-refractivity contribution in [1.82, 2.24) is 4.90 Å². The van der Waals surface area contributed by atoms with Crippen LogP contribution >= 0.6 is 0 Å². The molecule has 1 aliphatic heterocycles. The minimum absolute atomic E-state index is 0.275. The Balaban J connectivity index is 2.95. The monoisotopic (exact) mass is 229 g/mol. The van der Waals surface area contributed by atoms with Gasteiger partial charge in [-0.3, -0.25) is 4.79 Å². The highest BCUT2D eigenvalue weighted by Crippen LogP contribution is 2.28. The number of carbonyl (C=O) groups is 3. The molecule has 0 spiro atoms. The number of carboxylic acids is 1. The van der Waals surface area contributed by atoms with Crippen LogP contribution in [-0.4, -0.2) is 47.0 Å². The summed E-state index contributed by atoms with van der Waals surface area (Å²) >= 11 is 0. The molecular formula is C10H15NO5. The molecule has 0 aliphatic carbocycles. The van der Waals surface area contributed by atoms with Gasteiger partial charge in [0.25, 0.3) is 0 Å². The Labute approximate surface area is 93.2 Å². The summed E-state index contributed by atoms with van der Waals surface area (Å²) in [6.07, 6.45) is 1.78. The number of amides is 1. The Morgan fingerprint density at radius 3 is 2.44 bits per heavy atom. The van der Waals surface area contributed by atoms with Crippen LogP contribution in [0.25, 0.3) is 0 Å². The number of aliphatic carboxylic acids is 1. The smallest absolute Gasteiger partial charge is 0.396 e. The molecule has 0 aromatic heterocycles. The Hall–Kier alpha value is -1.59. The summed E-state index contributed by atoms with van der Waals surface area (Å²) in [5, 5.41) is 9.13. The van der Waals surface area contributed by atoms with Crippen molar-refractivity contribution in [2.24, 2.45) is 0 Å². The molecule has 1 amide bonds. The van der Waals surface area contributed by atoms with Gasteiger partial charge >= 0.3 is 17.8 Å². The molecule has 1 fully saturated rings. The number of likely N-dealkylation sites (tertiary alicyclic amines) is 1.